The fraction of sp³-hybridized carbons (Fsp3) is 0.400. The second-order valence-electron chi connectivity index (χ2n) is 11.4. The molecule has 1 aliphatic heterocycles. The van der Waals surface area contributed by atoms with Crippen molar-refractivity contribution in [2.75, 3.05) is 24.5 Å². The lowest BCUT2D eigenvalue weighted by atomic mass is 10.1. The van der Waals surface area contributed by atoms with Crippen LogP contribution in [0.2, 0.25) is 0 Å². The van der Waals surface area contributed by atoms with Crippen molar-refractivity contribution in [2.24, 2.45) is 0 Å². The van der Waals surface area contributed by atoms with Gasteiger partial charge < -0.3 is 9.88 Å². The minimum atomic E-state index is -1.13. The average molecular weight is 590 g/mol. The van der Waals surface area contributed by atoms with Gasteiger partial charge in [-0.25, -0.2) is 23.5 Å². The molecular formula is C30H29F2N7O4. The van der Waals surface area contributed by atoms with Gasteiger partial charge in [-0.1, -0.05) is 0 Å². The summed E-state index contributed by atoms with van der Waals surface area (Å²) in [7, 11) is 0. The van der Waals surface area contributed by atoms with E-state index in [-0.39, 0.29) is 52.7 Å². The topological polar surface area (TPSA) is 126 Å². The fourth-order valence-electron chi connectivity index (χ4n) is 5.71. The Morgan fingerprint density at radius 3 is 2.42 bits per heavy atom. The first-order valence-electron chi connectivity index (χ1n) is 14.6. The summed E-state index contributed by atoms with van der Waals surface area (Å²) in [4.78, 5) is 67.3. The smallest absolute Gasteiger partial charge is 0.333 e. The molecule has 0 radical (unpaired) electrons. The molecule has 1 saturated heterocycles. The standard InChI is InChI=1S/C30H29F2N7O4/c31-21-10-4-17(15-22(21)32)28(41)37(14-2-13-36-12-1-3-24(36)40)23-11-5-18(16-33-23)26-34-25-27(35-26)38(19-6-7-19)30(43)39(29(25)42)20-8-9-20/h4-5,10-11,15-16,19-20H,1-3,6-9,12-14H2,(H,34,35). The van der Waals surface area contributed by atoms with E-state index in [1.54, 1.807) is 21.6 Å². The molecule has 2 saturated carbocycles. The number of aromatic nitrogens is 5. The minimum absolute atomic E-state index is 0.0176. The van der Waals surface area contributed by atoms with Crippen molar-refractivity contribution in [2.45, 2.75) is 57.0 Å². The minimum Gasteiger partial charge on any atom is -0.343 e. The number of pyridine rings is 1. The summed E-state index contributed by atoms with van der Waals surface area (Å²) in [5.41, 5.74) is 0.377. The van der Waals surface area contributed by atoms with Gasteiger partial charge >= 0.3 is 5.69 Å². The van der Waals surface area contributed by atoms with Crippen LogP contribution in [0.1, 0.15) is 67.4 Å². The van der Waals surface area contributed by atoms with Crippen LogP contribution in [0.4, 0.5) is 14.6 Å². The van der Waals surface area contributed by atoms with Crippen LogP contribution in [-0.4, -0.2) is 60.4 Å². The zero-order chi connectivity index (χ0) is 29.8. The van der Waals surface area contributed by atoms with E-state index in [1.165, 1.54) is 21.7 Å². The zero-order valence-corrected chi connectivity index (χ0v) is 23.3. The van der Waals surface area contributed by atoms with E-state index < -0.39 is 17.5 Å². The highest BCUT2D eigenvalue weighted by molar-refractivity contribution is 6.05. The largest absolute Gasteiger partial charge is 0.343 e. The molecule has 7 rings (SSSR count). The summed E-state index contributed by atoms with van der Waals surface area (Å²) in [6.45, 7) is 1.31. The predicted molar refractivity (Wildman–Crippen MR) is 153 cm³/mol. The number of rotatable bonds is 9. The number of fused-ring (bicyclic) bond motifs is 1. The van der Waals surface area contributed by atoms with E-state index in [2.05, 4.69) is 15.0 Å². The summed E-state index contributed by atoms with van der Waals surface area (Å²) in [6, 6.07) is 6.21. The number of benzene rings is 1. The monoisotopic (exact) mass is 589 g/mol. The summed E-state index contributed by atoms with van der Waals surface area (Å²) >= 11 is 0. The van der Waals surface area contributed by atoms with Gasteiger partial charge in [0.05, 0.1) is 0 Å². The number of carbonyl (C=O) groups is 2. The molecule has 0 atom stereocenters. The van der Waals surface area contributed by atoms with E-state index in [4.69, 9.17) is 0 Å². The lowest BCUT2D eigenvalue weighted by molar-refractivity contribution is -0.127. The molecule has 4 aromatic rings. The number of halogens is 2. The van der Waals surface area contributed by atoms with E-state index in [1.807, 2.05) is 0 Å². The third kappa shape index (κ3) is 5.02. The Morgan fingerprint density at radius 2 is 1.77 bits per heavy atom. The van der Waals surface area contributed by atoms with Crippen LogP contribution in [0.25, 0.3) is 22.6 Å². The number of nitrogens with zero attached hydrogens (tertiary/aromatic N) is 6. The van der Waals surface area contributed by atoms with Crippen molar-refractivity contribution < 1.29 is 18.4 Å². The Hall–Kier alpha value is -4.68. The van der Waals surface area contributed by atoms with E-state index in [0.29, 0.717) is 43.0 Å². The molecule has 1 aromatic carbocycles. The number of aromatic amines is 1. The van der Waals surface area contributed by atoms with Gasteiger partial charge in [-0.05, 0) is 68.9 Å². The van der Waals surface area contributed by atoms with Gasteiger partial charge in [-0.3, -0.25) is 28.4 Å². The molecule has 13 heteroatoms. The molecule has 2 amide bonds. The van der Waals surface area contributed by atoms with E-state index in [0.717, 1.165) is 44.2 Å². The molecule has 1 N–H and O–H groups in total. The quantitative estimate of drug-likeness (QED) is 0.318. The SMILES string of the molecule is O=C1CCCN1CCCN(C(=O)c1ccc(F)c(F)c1)c1ccc(-c2nc3c([nH]2)c(=O)n(C2CC2)c(=O)n3C2CC2)cn1. The summed E-state index contributed by atoms with van der Waals surface area (Å²) in [6.07, 6.45) is 6.56. The molecule has 43 heavy (non-hydrogen) atoms. The van der Waals surface area contributed by atoms with Crippen molar-refractivity contribution in [1.82, 2.24) is 29.0 Å². The Balaban J connectivity index is 1.20. The molecule has 0 unspecified atom stereocenters. The number of hydrogen-bond acceptors (Lipinski definition) is 6. The first-order valence-corrected chi connectivity index (χ1v) is 14.6. The molecule has 3 aliphatic rings. The van der Waals surface area contributed by atoms with Gasteiger partial charge in [0.1, 0.15) is 17.2 Å². The first-order chi connectivity index (χ1) is 20.8. The second-order valence-corrected chi connectivity index (χ2v) is 11.4. The molecule has 0 spiro atoms. The highest BCUT2D eigenvalue weighted by Gasteiger charge is 2.34. The molecule has 4 heterocycles. The molecular weight excluding hydrogens is 560 g/mol. The van der Waals surface area contributed by atoms with Crippen molar-refractivity contribution >= 4 is 28.8 Å². The van der Waals surface area contributed by atoms with E-state index in [9.17, 15) is 28.0 Å². The van der Waals surface area contributed by atoms with Crippen LogP contribution in [0, 0.1) is 11.6 Å². The molecule has 11 nitrogen and oxygen atoms in total. The van der Waals surface area contributed by atoms with E-state index >= 15 is 0 Å². The van der Waals surface area contributed by atoms with Crippen molar-refractivity contribution in [3.8, 4) is 11.4 Å². The van der Waals surface area contributed by atoms with Crippen molar-refractivity contribution in [3.05, 3.63) is 74.6 Å². The molecule has 222 valence electrons. The van der Waals surface area contributed by atoms with Gasteiger partial charge in [-0.15, -0.1) is 0 Å². The number of nitrogens with one attached hydrogen (secondary N) is 1. The third-order valence-corrected chi connectivity index (χ3v) is 8.27. The van der Waals surface area contributed by atoms with Crippen molar-refractivity contribution in [3.63, 3.8) is 0 Å². The zero-order valence-electron chi connectivity index (χ0n) is 23.3. The number of likely N-dealkylation sites (tertiary alicyclic amines) is 1. The normalized spacial score (nSPS) is 16.8. The number of anilines is 1. The third-order valence-electron chi connectivity index (χ3n) is 8.27. The maximum atomic E-state index is 14.0. The summed E-state index contributed by atoms with van der Waals surface area (Å²) < 4.78 is 30.5. The molecule has 3 fully saturated rings. The van der Waals surface area contributed by atoms with Crippen LogP contribution >= 0.6 is 0 Å². The first kappa shape index (κ1) is 27.2. The summed E-state index contributed by atoms with van der Waals surface area (Å²) in [5, 5.41) is 0. The Kier molecular flexibility index (Phi) is 6.66. The van der Waals surface area contributed by atoms with Crippen LogP contribution in [0.5, 0.6) is 0 Å². The molecule has 2 aliphatic carbocycles. The van der Waals surface area contributed by atoms with Crippen molar-refractivity contribution in [1.29, 1.82) is 0 Å². The van der Waals surface area contributed by atoms with Crippen LogP contribution in [0.15, 0.2) is 46.1 Å². The Bertz CT molecular complexity index is 1870. The van der Waals surface area contributed by atoms with Crippen LogP contribution in [0.3, 0.4) is 0 Å². The lowest BCUT2D eigenvalue weighted by Crippen LogP contribution is -2.39. The molecule has 3 aromatic heterocycles. The molecule has 0 bridgehead atoms. The Labute approximate surface area is 243 Å². The number of H-pyrrole nitrogens is 1. The number of carbonyl (C=O) groups excluding carboxylic acids is 2. The second kappa shape index (κ2) is 10.5. The van der Waals surface area contributed by atoms with Gasteiger partial charge in [0.15, 0.2) is 17.3 Å². The Morgan fingerprint density at radius 1 is 1.00 bits per heavy atom. The van der Waals surface area contributed by atoms with Gasteiger partial charge in [-0.2, -0.15) is 0 Å². The maximum absolute atomic E-state index is 14.0. The van der Waals surface area contributed by atoms with Gasteiger partial charge in [0.2, 0.25) is 5.91 Å². The number of amides is 2. The lowest BCUT2D eigenvalue weighted by Gasteiger charge is -2.24. The van der Waals surface area contributed by atoms with Crippen LogP contribution < -0.4 is 16.1 Å². The number of imidazole rings is 1. The maximum Gasteiger partial charge on any atom is 0.333 e. The highest BCUT2D eigenvalue weighted by atomic mass is 19.2. The van der Waals surface area contributed by atoms with Crippen LogP contribution in [-0.2, 0) is 4.79 Å². The number of hydrogen-bond donors (Lipinski definition) is 1. The van der Waals surface area contributed by atoms with Gasteiger partial charge in [0.25, 0.3) is 11.5 Å². The van der Waals surface area contributed by atoms with Gasteiger partial charge in [0, 0.05) is 55.5 Å². The predicted octanol–water partition coefficient (Wildman–Crippen LogP) is 3.56. The average Bonchev–Trinajstić information content (AvgIpc) is 3.93. The highest BCUT2D eigenvalue weighted by Crippen LogP contribution is 2.37. The fourth-order valence-corrected chi connectivity index (χ4v) is 5.71. The summed E-state index contributed by atoms with van der Waals surface area (Å²) in [5.74, 6) is -2.05.